The van der Waals surface area contributed by atoms with Crippen LogP contribution < -0.4 is 20.6 Å². The number of carbonyl (C=O) groups excluding carboxylic acids is 1. The van der Waals surface area contributed by atoms with Crippen LogP contribution in [-0.4, -0.2) is 29.3 Å². The van der Waals surface area contributed by atoms with Gasteiger partial charge in [0.1, 0.15) is 11.5 Å². The van der Waals surface area contributed by atoms with E-state index in [-0.39, 0.29) is 16.6 Å². The van der Waals surface area contributed by atoms with E-state index < -0.39 is 5.60 Å². The predicted molar refractivity (Wildman–Crippen MR) is 84.1 cm³/mol. The standard InChI is InChI=1S/C14H17N3O3S/c1-7-5-8(19-4)6-9-10(7)11(18)12(14(2,3)20-9)16-17-13(15)21/h5-6H,1-4H3,(H3,15,17,21)/b16-12+. The van der Waals surface area contributed by atoms with Crippen molar-refractivity contribution in [1.29, 1.82) is 0 Å². The third-order valence-electron chi connectivity index (χ3n) is 3.16. The Balaban J connectivity index is 2.56. The van der Waals surface area contributed by atoms with E-state index in [1.807, 2.05) is 6.92 Å². The molecule has 21 heavy (non-hydrogen) atoms. The van der Waals surface area contributed by atoms with E-state index in [1.165, 1.54) is 0 Å². The summed E-state index contributed by atoms with van der Waals surface area (Å²) < 4.78 is 11.1. The van der Waals surface area contributed by atoms with Crippen molar-refractivity contribution in [3.63, 3.8) is 0 Å². The first-order valence-electron chi connectivity index (χ1n) is 6.32. The van der Waals surface area contributed by atoms with E-state index in [0.29, 0.717) is 17.1 Å². The van der Waals surface area contributed by atoms with Gasteiger partial charge >= 0.3 is 0 Å². The molecule has 0 saturated heterocycles. The number of nitrogens with two attached hydrogens (primary N) is 1. The molecule has 3 N–H and O–H groups in total. The number of methoxy groups -OCH3 is 1. The fourth-order valence-electron chi connectivity index (χ4n) is 2.22. The third kappa shape index (κ3) is 2.82. The number of fused-ring (bicyclic) bond motifs is 1. The zero-order chi connectivity index (χ0) is 15.8. The molecule has 1 aliphatic heterocycles. The van der Waals surface area contributed by atoms with Gasteiger partial charge in [0.05, 0.1) is 12.7 Å². The van der Waals surface area contributed by atoms with Crippen LogP contribution >= 0.6 is 12.2 Å². The predicted octanol–water partition coefficient (Wildman–Crippen LogP) is 1.55. The Hall–Kier alpha value is -2.15. The molecule has 0 radical (unpaired) electrons. The maximum absolute atomic E-state index is 12.7. The fraction of sp³-hybridized carbons (Fsp3) is 0.357. The number of rotatable bonds is 2. The molecule has 1 aromatic rings. The second-order valence-electron chi connectivity index (χ2n) is 5.20. The lowest BCUT2D eigenvalue weighted by Gasteiger charge is -2.33. The third-order valence-corrected chi connectivity index (χ3v) is 3.26. The van der Waals surface area contributed by atoms with Crippen LogP contribution in [0.1, 0.15) is 29.8 Å². The maximum Gasteiger partial charge on any atom is 0.217 e. The van der Waals surface area contributed by atoms with Gasteiger partial charge in [0.2, 0.25) is 5.78 Å². The summed E-state index contributed by atoms with van der Waals surface area (Å²) in [5.41, 5.74) is 8.34. The van der Waals surface area contributed by atoms with Gasteiger partial charge in [0.25, 0.3) is 0 Å². The zero-order valence-electron chi connectivity index (χ0n) is 12.3. The molecule has 112 valence electrons. The molecule has 1 heterocycles. The smallest absolute Gasteiger partial charge is 0.217 e. The first kappa shape index (κ1) is 15.2. The summed E-state index contributed by atoms with van der Waals surface area (Å²) in [6, 6.07) is 3.47. The fourth-order valence-corrected chi connectivity index (χ4v) is 2.27. The second-order valence-corrected chi connectivity index (χ2v) is 5.64. The Kier molecular flexibility index (Phi) is 3.87. The van der Waals surface area contributed by atoms with Crippen LogP contribution in [0.15, 0.2) is 17.2 Å². The summed E-state index contributed by atoms with van der Waals surface area (Å²) in [6.07, 6.45) is 0. The van der Waals surface area contributed by atoms with Gasteiger partial charge in [-0.2, -0.15) is 5.10 Å². The van der Waals surface area contributed by atoms with Crippen LogP contribution in [0, 0.1) is 6.92 Å². The van der Waals surface area contributed by atoms with Gasteiger partial charge in [-0.25, -0.2) is 0 Å². The van der Waals surface area contributed by atoms with E-state index in [2.05, 4.69) is 10.5 Å². The number of hydrogen-bond acceptors (Lipinski definition) is 5. The summed E-state index contributed by atoms with van der Waals surface area (Å²) >= 11 is 4.71. The number of hydrazone groups is 1. The molecule has 1 aliphatic rings. The summed E-state index contributed by atoms with van der Waals surface area (Å²) in [7, 11) is 1.57. The van der Waals surface area contributed by atoms with Crippen molar-refractivity contribution in [1.82, 2.24) is 5.43 Å². The first-order valence-corrected chi connectivity index (χ1v) is 6.73. The molecule has 0 aromatic heterocycles. The van der Waals surface area contributed by atoms with Crippen LogP contribution in [0.4, 0.5) is 0 Å². The number of benzene rings is 1. The Morgan fingerprint density at radius 3 is 2.71 bits per heavy atom. The zero-order valence-corrected chi connectivity index (χ0v) is 13.1. The van der Waals surface area contributed by atoms with Crippen LogP contribution in [0.5, 0.6) is 11.5 Å². The lowest BCUT2D eigenvalue weighted by atomic mass is 9.88. The maximum atomic E-state index is 12.7. The number of aryl methyl sites for hydroxylation is 1. The van der Waals surface area contributed by atoms with Gasteiger partial charge in [-0.15, -0.1) is 0 Å². The van der Waals surface area contributed by atoms with Gasteiger partial charge in [-0.1, -0.05) is 0 Å². The van der Waals surface area contributed by atoms with Gasteiger partial charge in [-0.05, 0) is 44.6 Å². The second kappa shape index (κ2) is 5.33. The molecular formula is C14H17N3O3S. The highest BCUT2D eigenvalue weighted by Gasteiger charge is 2.41. The highest BCUT2D eigenvalue weighted by molar-refractivity contribution is 7.80. The molecule has 0 bridgehead atoms. The van der Waals surface area contributed by atoms with Crippen LogP contribution in [0.25, 0.3) is 0 Å². The highest BCUT2D eigenvalue weighted by atomic mass is 32.1. The van der Waals surface area contributed by atoms with E-state index in [9.17, 15) is 4.79 Å². The number of ketones is 1. The van der Waals surface area contributed by atoms with Crippen molar-refractivity contribution in [2.75, 3.05) is 7.11 Å². The van der Waals surface area contributed by atoms with Crippen LogP contribution in [0.3, 0.4) is 0 Å². The van der Waals surface area contributed by atoms with E-state index in [0.717, 1.165) is 5.56 Å². The number of nitrogens with zero attached hydrogens (tertiary/aromatic N) is 1. The lowest BCUT2D eigenvalue weighted by molar-refractivity contribution is 0.0980. The molecule has 0 saturated carbocycles. The SMILES string of the molecule is COc1cc(C)c2c(c1)OC(C)(C)/C(=N/NC(N)=S)C2=O. The van der Waals surface area contributed by atoms with E-state index in [4.69, 9.17) is 27.4 Å². The first-order chi connectivity index (χ1) is 9.76. The normalized spacial score (nSPS) is 17.9. The van der Waals surface area contributed by atoms with Crippen LogP contribution in [0.2, 0.25) is 0 Å². The van der Waals surface area contributed by atoms with Gasteiger partial charge in [0.15, 0.2) is 16.4 Å². The van der Waals surface area contributed by atoms with Crippen molar-refractivity contribution in [2.45, 2.75) is 26.4 Å². The lowest BCUT2D eigenvalue weighted by Crippen LogP contribution is -2.48. The number of nitrogens with one attached hydrogen (secondary N) is 1. The number of hydrogen-bond donors (Lipinski definition) is 2. The average molecular weight is 307 g/mol. The molecule has 0 fully saturated rings. The minimum absolute atomic E-state index is 0.0108. The Morgan fingerprint density at radius 2 is 2.14 bits per heavy atom. The number of Topliss-reactive ketones (excluding diaryl/α,β-unsaturated/α-hetero) is 1. The summed E-state index contributed by atoms with van der Waals surface area (Å²) in [6.45, 7) is 5.32. The quantitative estimate of drug-likeness (QED) is 0.637. The molecule has 0 aliphatic carbocycles. The van der Waals surface area contributed by atoms with Crippen molar-refractivity contribution in [3.05, 3.63) is 23.3 Å². The van der Waals surface area contributed by atoms with E-state index in [1.54, 1.807) is 33.1 Å². The summed E-state index contributed by atoms with van der Waals surface area (Å²) in [5.74, 6) is 0.901. The molecule has 7 heteroatoms. The van der Waals surface area contributed by atoms with Gasteiger partial charge in [-0.3, -0.25) is 10.2 Å². The van der Waals surface area contributed by atoms with Crippen LogP contribution in [-0.2, 0) is 0 Å². The summed E-state index contributed by atoms with van der Waals surface area (Å²) in [4.78, 5) is 12.7. The number of ether oxygens (including phenoxy) is 2. The van der Waals surface area contributed by atoms with E-state index >= 15 is 0 Å². The average Bonchev–Trinajstić information content (AvgIpc) is 2.35. The molecule has 0 atom stereocenters. The largest absolute Gasteiger partial charge is 0.497 e. The molecular weight excluding hydrogens is 290 g/mol. The monoisotopic (exact) mass is 307 g/mol. The number of carbonyl (C=O) groups is 1. The molecule has 1 aromatic carbocycles. The van der Waals surface area contributed by atoms with Gasteiger partial charge < -0.3 is 15.2 Å². The summed E-state index contributed by atoms with van der Waals surface area (Å²) in [5, 5.41) is 3.98. The van der Waals surface area contributed by atoms with Crippen molar-refractivity contribution in [3.8, 4) is 11.5 Å². The van der Waals surface area contributed by atoms with Crippen molar-refractivity contribution in [2.24, 2.45) is 10.8 Å². The highest BCUT2D eigenvalue weighted by Crippen LogP contribution is 2.36. The number of thiocarbonyl (C=S) groups is 1. The topological polar surface area (TPSA) is 85.9 Å². The molecule has 0 amide bonds. The van der Waals surface area contributed by atoms with Gasteiger partial charge in [0, 0.05) is 6.07 Å². The molecule has 6 nitrogen and oxygen atoms in total. The van der Waals surface area contributed by atoms with Crippen molar-refractivity contribution >= 4 is 28.8 Å². The molecule has 2 rings (SSSR count). The van der Waals surface area contributed by atoms with Crippen molar-refractivity contribution < 1.29 is 14.3 Å². The Labute approximate surface area is 128 Å². The molecule has 0 unspecified atom stereocenters. The molecule has 0 spiro atoms. The Morgan fingerprint density at radius 1 is 1.48 bits per heavy atom. The Bertz CT molecular complexity index is 653. The minimum atomic E-state index is -0.902. The minimum Gasteiger partial charge on any atom is -0.497 e.